The van der Waals surface area contributed by atoms with E-state index in [1.165, 1.54) is 14.1 Å². The number of hydrogen-bond donors (Lipinski definition) is 1. The molecule has 19 heavy (non-hydrogen) atoms. The summed E-state index contributed by atoms with van der Waals surface area (Å²) in [6.07, 6.45) is 1.72. The summed E-state index contributed by atoms with van der Waals surface area (Å²) in [5.74, 6) is -0.496. The average Bonchev–Trinajstić information content (AvgIpc) is 2.77. The molecule has 1 rings (SSSR count). The van der Waals surface area contributed by atoms with Crippen LogP contribution in [0.2, 0.25) is 0 Å². The lowest BCUT2D eigenvalue weighted by Gasteiger charge is -2.11. The first-order chi connectivity index (χ1) is 8.74. The zero-order valence-corrected chi connectivity index (χ0v) is 12.4. The smallest absolute Gasteiger partial charge is 0.271 e. The molecule has 0 atom stereocenters. The van der Waals surface area contributed by atoms with Crippen LogP contribution in [0.15, 0.2) is 12.3 Å². The zero-order valence-electron chi connectivity index (χ0n) is 11.6. The predicted molar refractivity (Wildman–Crippen MR) is 72.4 cm³/mol. The summed E-state index contributed by atoms with van der Waals surface area (Å²) < 4.78 is 25.8. The third-order valence-electron chi connectivity index (χ3n) is 2.57. The van der Waals surface area contributed by atoms with Crippen molar-refractivity contribution < 1.29 is 13.2 Å². The highest BCUT2D eigenvalue weighted by Gasteiger charge is 2.15. The number of amides is 1. The normalized spacial score (nSPS) is 12.1. The van der Waals surface area contributed by atoms with Crippen molar-refractivity contribution in [3.05, 3.63) is 18.0 Å². The van der Waals surface area contributed by atoms with Crippen molar-refractivity contribution in [2.24, 2.45) is 0 Å². The first kappa shape index (κ1) is 15.6. The predicted octanol–water partition coefficient (Wildman–Crippen LogP) is 0.0852. The molecule has 1 amide bonds. The third-order valence-corrected chi connectivity index (χ3v) is 4.40. The Labute approximate surface area is 113 Å². The second kappa shape index (κ2) is 6.16. The highest BCUT2D eigenvalue weighted by Crippen LogP contribution is 2.04. The Morgan fingerprint density at radius 1 is 1.47 bits per heavy atom. The molecular weight excluding hydrogens is 268 g/mol. The van der Waals surface area contributed by atoms with E-state index in [0.717, 1.165) is 4.31 Å². The highest BCUT2D eigenvalue weighted by molar-refractivity contribution is 7.89. The Morgan fingerprint density at radius 3 is 2.58 bits per heavy atom. The number of aromatic nitrogens is 2. The molecule has 0 aliphatic carbocycles. The van der Waals surface area contributed by atoms with E-state index in [2.05, 4.69) is 10.4 Å². The first-order valence-electron chi connectivity index (χ1n) is 5.97. The first-order valence-corrected chi connectivity index (χ1v) is 7.58. The lowest BCUT2D eigenvalue weighted by atomic mass is 10.4. The van der Waals surface area contributed by atoms with E-state index >= 15 is 0 Å². The summed E-state index contributed by atoms with van der Waals surface area (Å²) in [4.78, 5) is 11.7. The van der Waals surface area contributed by atoms with Crippen molar-refractivity contribution in [3.63, 3.8) is 0 Å². The standard InChI is InChI=1S/C11H20N4O3S/c1-9(2)15-7-5-10(13-15)11(16)12-6-8-19(17,18)14(3)4/h5,7,9H,6,8H2,1-4H3,(H,12,16). The van der Waals surface area contributed by atoms with Crippen LogP contribution < -0.4 is 5.32 Å². The minimum atomic E-state index is -3.29. The van der Waals surface area contributed by atoms with Crippen molar-refractivity contribution in [1.82, 2.24) is 19.4 Å². The Kier molecular flexibility index (Phi) is 5.07. The summed E-state index contributed by atoms with van der Waals surface area (Å²) in [6, 6.07) is 1.78. The Morgan fingerprint density at radius 2 is 2.11 bits per heavy atom. The molecule has 0 aliphatic rings. The van der Waals surface area contributed by atoms with Crippen LogP contribution in [0.5, 0.6) is 0 Å². The van der Waals surface area contributed by atoms with Crippen LogP contribution in [-0.4, -0.2) is 54.8 Å². The fraction of sp³-hybridized carbons (Fsp3) is 0.636. The number of carbonyl (C=O) groups is 1. The monoisotopic (exact) mass is 288 g/mol. The maximum atomic E-state index is 11.7. The van der Waals surface area contributed by atoms with E-state index in [0.29, 0.717) is 0 Å². The van der Waals surface area contributed by atoms with Gasteiger partial charge in [-0.25, -0.2) is 12.7 Å². The minimum absolute atomic E-state index is 0.0634. The van der Waals surface area contributed by atoms with Gasteiger partial charge >= 0.3 is 0 Å². The largest absolute Gasteiger partial charge is 0.350 e. The van der Waals surface area contributed by atoms with E-state index < -0.39 is 10.0 Å². The van der Waals surface area contributed by atoms with E-state index in [-0.39, 0.29) is 29.9 Å². The van der Waals surface area contributed by atoms with Crippen molar-refractivity contribution in [2.45, 2.75) is 19.9 Å². The Hall–Kier alpha value is -1.41. The van der Waals surface area contributed by atoms with Gasteiger partial charge in [0, 0.05) is 32.9 Å². The van der Waals surface area contributed by atoms with Gasteiger partial charge in [-0.15, -0.1) is 0 Å². The van der Waals surface area contributed by atoms with Gasteiger partial charge in [-0.1, -0.05) is 0 Å². The van der Waals surface area contributed by atoms with Crippen molar-refractivity contribution >= 4 is 15.9 Å². The second-order valence-corrected chi connectivity index (χ2v) is 6.93. The third kappa shape index (κ3) is 4.32. The van der Waals surface area contributed by atoms with Crippen molar-refractivity contribution in [2.75, 3.05) is 26.4 Å². The molecule has 0 unspecified atom stereocenters. The van der Waals surface area contributed by atoms with E-state index in [9.17, 15) is 13.2 Å². The summed E-state index contributed by atoms with van der Waals surface area (Å²) >= 11 is 0. The molecule has 0 saturated heterocycles. The zero-order chi connectivity index (χ0) is 14.6. The van der Waals surface area contributed by atoms with E-state index in [1.807, 2.05) is 13.8 Å². The molecule has 0 fully saturated rings. The van der Waals surface area contributed by atoms with Gasteiger partial charge < -0.3 is 5.32 Å². The summed E-state index contributed by atoms with van der Waals surface area (Å²) in [5.41, 5.74) is 0.288. The van der Waals surface area contributed by atoms with Crippen molar-refractivity contribution in [3.8, 4) is 0 Å². The van der Waals surface area contributed by atoms with Crippen LogP contribution in [-0.2, 0) is 10.0 Å². The fourth-order valence-electron chi connectivity index (χ4n) is 1.31. The van der Waals surface area contributed by atoms with Crippen LogP contribution in [0.4, 0.5) is 0 Å². The van der Waals surface area contributed by atoms with Crippen LogP contribution in [0.25, 0.3) is 0 Å². The molecule has 0 spiro atoms. The number of rotatable bonds is 6. The van der Waals surface area contributed by atoms with Gasteiger partial charge in [-0.3, -0.25) is 9.48 Å². The lowest BCUT2D eigenvalue weighted by Crippen LogP contribution is -2.34. The van der Waals surface area contributed by atoms with E-state index in [1.54, 1.807) is 16.9 Å². The van der Waals surface area contributed by atoms with Gasteiger partial charge in [0.2, 0.25) is 10.0 Å². The molecule has 1 heterocycles. The quantitative estimate of drug-likeness (QED) is 0.803. The van der Waals surface area contributed by atoms with Gasteiger partial charge in [0.05, 0.1) is 5.75 Å². The number of hydrogen-bond acceptors (Lipinski definition) is 4. The highest BCUT2D eigenvalue weighted by atomic mass is 32.2. The van der Waals surface area contributed by atoms with Crippen molar-refractivity contribution in [1.29, 1.82) is 0 Å². The number of nitrogens with one attached hydrogen (secondary N) is 1. The molecule has 0 saturated carbocycles. The number of nitrogens with zero attached hydrogens (tertiary/aromatic N) is 3. The van der Waals surface area contributed by atoms with Crippen LogP contribution >= 0.6 is 0 Å². The molecule has 8 heteroatoms. The van der Waals surface area contributed by atoms with Gasteiger partial charge in [0.15, 0.2) is 0 Å². The minimum Gasteiger partial charge on any atom is -0.350 e. The summed E-state index contributed by atoms with van der Waals surface area (Å²) in [5, 5.41) is 6.65. The molecule has 1 N–H and O–H groups in total. The lowest BCUT2D eigenvalue weighted by molar-refractivity contribution is 0.0950. The molecule has 0 radical (unpaired) electrons. The molecular formula is C11H20N4O3S. The number of carbonyl (C=O) groups excluding carboxylic acids is 1. The molecule has 0 bridgehead atoms. The topological polar surface area (TPSA) is 84.3 Å². The molecule has 1 aromatic rings. The maximum Gasteiger partial charge on any atom is 0.271 e. The van der Waals surface area contributed by atoms with Crippen LogP contribution in [0.1, 0.15) is 30.4 Å². The van der Waals surface area contributed by atoms with Gasteiger partial charge in [0.1, 0.15) is 5.69 Å². The summed E-state index contributed by atoms with van der Waals surface area (Å²) in [7, 11) is -0.372. The fourth-order valence-corrected chi connectivity index (χ4v) is 2.04. The van der Waals surface area contributed by atoms with Crippen LogP contribution in [0.3, 0.4) is 0 Å². The molecule has 7 nitrogen and oxygen atoms in total. The second-order valence-electron chi connectivity index (χ2n) is 4.63. The Balaban J connectivity index is 2.52. The van der Waals surface area contributed by atoms with Crippen LogP contribution in [0, 0.1) is 0 Å². The van der Waals surface area contributed by atoms with Gasteiger partial charge in [-0.2, -0.15) is 5.10 Å². The maximum absolute atomic E-state index is 11.7. The van der Waals surface area contributed by atoms with E-state index in [4.69, 9.17) is 0 Å². The molecule has 108 valence electrons. The number of sulfonamides is 1. The molecule has 1 aromatic heterocycles. The molecule has 0 aliphatic heterocycles. The van der Waals surface area contributed by atoms with Gasteiger partial charge in [-0.05, 0) is 19.9 Å². The SMILES string of the molecule is CC(C)n1ccc(C(=O)NCCS(=O)(=O)N(C)C)n1. The molecule has 0 aromatic carbocycles. The summed E-state index contributed by atoms with van der Waals surface area (Å²) in [6.45, 7) is 3.98. The average molecular weight is 288 g/mol. The van der Waals surface area contributed by atoms with Gasteiger partial charge in [0.25, 0.3) is 5.91 Å². The Bertz CT molecular complexity index is 534.